The third-order valence-corrected chi connectivity index (χ3v) is 4.82. The zero-order chi connectivity index (χ0) is 20.8. The standard InChI is InChI=1S/C21H24N2O6/c1-28-21-17(23-20(27)14-10-6-3-7-11-14)16(18(25)15(12-24)29-21)22-19(26)13-8-4-2-5-9-13/h2-11,15-18,21,24-25H,12H2,1H3,(H,22,26)(H,23,27)/t15-,16-,17-,18+,21-/m1/s1. The molecule has 3 rings (SSSR count). The molecule has 0 saturated carbocycles. The average Bonchev–Trinajstić information content (AvgIpc) is 2.77. The summed E-state index contributed by atoms with van der Waals surface area (Å²) in [4.78, 5) is 25.3. The van der Waals surface area contributed by atoms with Crippen LogP contribution in [-0.4, -0.2) is 66.3 Å². The summed E-state index contributed by atoms with van der Waals surface area (Å²) in [5, 5.41) is 25.8. The quantitative estimate of drug-likeness (QED) is 0.554. The van der Waals surface area contributed by atoms with Crippen LogP contribution in [0.25, 0.3) is 0 Å². The highest BCUT2D eigenvalue weighted by atomic mass is 16.7. The first-order valence-corrected chi connectivity index (χ1v) is 9.24. The van der Waals surface area contributed by atoms with Crippen molar-refractivity contribution in [3.05, 3.63) is 71.8 Å². The first-order valence-electron chi connectivity index (χ1n) is 9.24. The Kier molecular flexibility index (Phi) is 6.95. The molecule has 1 saturated heterocycles. The minimum Gasteiger partial charge on any atom is -0.394 e. The number of aliphatic hydroxyl groups excluding tert-OH is 2. The monoisotopic (exact) mass is 400 g/mol. The molecule has 1 fully saturated rings. The van der Waals surface area contributed by atoms with Gasteiger partial charge in [0.1, 0.15) is 18.2 Å². The fraction of sp³-hybridized carbons (Fsp3) is 0.333. The van der Waals surface area contributed by atoms with E-state index in [1.54, 1.807) is 60.7 Å². The molecular formula is C21H24N2O6. The lowest BCUT2D eigenvalue weighted by molar-refractivity contribution is -0.238. The van der Waals surface area contributed by atoms with Crippen LogP contribution in [0.15, 0.2) is 60.7 Å². The van der Waals surface area contributed by atoms with Crippen molar-refractivity contribution in [3.63, 3.8) is 0 Å². The van der Waals surface area contributed by atoms with Gasteiger partial charge in [0.05, 0.1) is 12.6 Å². The second-order valence-corrected chi connectivity index (χ2v) is 6.68. The molecule has 1 aliphatic heterocycles. The van der Waals surface area contributed by atoms with Crippen molar-refractivity contribution < 1.29 is 29.3 Å². The molecule has 8 nitrogen and oxygen atoms in total. The van der Waals surface area contributed by atoms with Gasteiger partial charge < -0.3 is 30.3 Å². The summed E-state index contributed by atoms with van der Waals surface area (Å²) in [5.74, 6) is -0.836. The Morgan fingerprint density at radius 3 is 1.86 bits per heavy atom. The molecule has 4 N–H and O–H groups in total. The van der Waals surface area contributed by atoms with Gasteiger partial charge in [-0.15, -0.1) is 0 Å². The highest BCUT2D eigenvalue weighted by molar-refractivity contribution is 5.95. The van der Waals surface area contributed by atoms with E-state index in [0.717, 1.165) is 0 Å². The van der Waals surface area contributed by atoms with Gasteiger partial charge in [-0.3, -0.25) is 9.59 Å². The van der Waals surface area contributed by atoms with Gasteiger partial charge in [-0.05, 0) is 24.3 Å². The summed E-state index contributed by atoms with van der Waals surface area (Å²) in [6.07, 6.45) is -3.23. The van der Waals surface area contributed by atoms with Crippen molar-refractivity contribution in [3.8, 4) is 0 Å². The first kappa shape index (κ1) is 20.9. The topological polar surface area (TPSA) is 117 Å². The Balaban J connectivity index is 1.85. The summed E-state index contributed by atoms with van der Waals surface area (Å²) < 4.78 is 10.9. The van der Waals surface area contributed by atoms with Crippen LogP contribution in [0.5, 0.6) is 0 Å². The highest BCUT2D eigenvalue weighted by Crippen LogP contribution is 2.23. The fourth-order valence-electron chi connectivity index (χ4n) is 3.29. The SMILES string of the molecule is CO[C@@H]1O[C@H](CO)[C@H](O)[C@H](NC(=O)c2ccccc2)[C@H]1NC(=O)c1ccccc1. The van der Waals surface area contributed by atoms with Crippen LogP contribution in [0.2, 0.25) is 0 Å². The van der Waals surface area contributed by atoms with Gasteiger partial charge in [0.2, 0.25) is 0 Å². The fourth-order valence-corrected chi connectivity index (χ4v) is 3.29. The molecule has 8 heteroatoms. The van der Waals surface area contributed by atoms with Crippen LogP contribution < -0.4 is 10.6 Å². The molecule has 0 bridgehead atoms. The Labute approximate surface area is 168 Å². The Morgan fingerprint density at radius 2 is 1.41 bits per heavy atom. The molecule has 154 valence electrons. The van der Waals surface area contributed by atoms with Crippen molar-refractivity contribution >= 4 is 11.8 Å². The minimum atomic E-state index is -1.26. The number of carbonyl (C=O) groups is 2. The number of nitrogens with one attached hydrogen (secondary N) is 2. The van der Waals surface area contributed by atoms with E-state index in [-0.39, 0.29) is 0 Å². The normalized spacial score (nSPS) is 26.5. The van der Waals surface area contributed by atoms with Crippen molar-refractivity contribution in [2.75, 3.05) is 13.7 Å². The van der Waals surface area contributed by atoms with Crippen molar-refractivity contribution in [2.24, 2.45) is 0 Å². The molecule has 1 heterocycles. The number of hydrogen-bond acceptors (Lipinski definition) is 6. The van der Waals surface area contributed by atoms with Crippen LogP contribution in [-0.2, 0) is 9.47 Å². The third kappa shape index (κ3) is 4.80. The maximum Gasteiger partial charge on any atom is 0.251 e. The molecule has 2 aromatic rings. The zero-order valence-corrected chi connectivity index (χ0v) is 15.9. The lowest BCUT2D eigenvalue weighted by Gasteiger charge is -2.44. The van der Waals surface area contributed by atoms with Gasteiger partial charge in [-0.2, -0.15) is 0 Å². The summed E-state index contributed by atoms with van der Waals surface area (Å²) in [5.41, 5.74) is 0.808. The Hall–Kier alpha value is -2.78. The zero-order valence-electron chi connectivity index (χ0n) is 15.9. The van der Waals surface area contributed by atoms with Crippen LogP contribution in [0, 0.1) is 0 Å². The highest BCUT2D eigenvalue weighted by Gasteiger charge is 2.46. The molecule has 2 aromatic carbocycles. The van der Waals surface area contributed by atoms with E-state index in [1.807, 2.05) is 0 Å². The minimum absolute atomic E-state index is 0.397. The number of hydrogen-bond donors (Lipinski definition) is 4. The van der Waals surface area contributed by atoms with Crippen molar-refractivity contribution in [2.45, 2.75) is 30.6 Å². The van der Waals surface area contributed by atoms with E-state index in [9.17, 15) is 19.8 Å². The van der Waals surface area contributed by atoms with E-state index < -0.39 is 49.0 Å². The smallest absolute Gasteiger partial charge is 0.251 e. The van der Waals surface area contributed by atoms with E-state index in [0.29, 0.717) is 11.1 Å². The first-order chi connectivity index (χ1) is 14.0. The third-order valence-electron chi connectivity index (χ3n) is 4.82. The van der Waals surface area contributed by atoms with Gasteiger partial charge in [-0.25, -0.2) is 0 Å². The maximum atomic E-state index is 12.7. The number of carbonyl (C=O) groups excluding carboxylic acids is 2. The number of amides is 2. The van der Waals surface area contributed by atoms with Crippen LogP contribution >= 0.6 is 0 Å². The lowest BCUT2D eigenvalue weighted by Crippen LogP contribution is -2.69. The summed E-state index contributed by atoms with van der Waals surface area (Å²) in [7, 11) is 1.38. The van der Waals surface area contributed by atoms with Gasteiger partial charge >= 0.3 is 0 Å². The van der Waals surface area contributed by atoms with Crippen LogP contribution in [0.4, 0.5) is 0 Å². The van der Waals surface area contributed by atoms with E-state index >= 15 is 0 Å². The number of rotatable bonds is 6. The van der Waals surface area contributed by atoms with Gasteiger partial charge in [0, 0.05) is 18.2 Å². The van der Waals surface area contributed by atoms with Crippen LogP contribution in [0.1, 0.15) is 20.7 Å². The molecule has 2 amide bonds. The second-order valence-electron chi connectivity index (χ2n) is 6.68. The maximum absolute atomic E-state index is 12.7. The molecule has 29 heavy (non-hydrogen) atoms. The molecule has 0 aromatic heterocycles. The Morgan fingerprint density at radius 1 is 0.931 bits per heavy atom. The van der Waals surface area contributed by atoms with E-state index in [1.165, 1.54) is 7.11 Å². The Bertz CT molecular complexity index is 816. The predicted molar refractivity (Wildman–Crippen MR) is 104 cm³/mol. The van der Waals surface area contributed by atoms with E-state index in [4.69, 9.17) is 9.47 Å². The van der Waals surface area contributed by atoms with Gasteiger partial charge in [0.15, 0.2) is 6.29 Å². The predicted octanol–water partition coefficient (Wildman–Crippen LogP) is 0.308. The number of aliphatic hydroxyl groups is 2. The molecule has 5 atom stereocenters. The van der Waals surface area contributed by atoms with Crippen molar-refractivity contribution in [1.82, 2.24) is 10.6 Å². The summed E-state index contributed by atoms with van der Waals surface area (Å²) in [6, 6.07) is 15.2. The van der Waals surface area contributed by atoms with Gasteiger partial charge in [0.25, 0.3) is 11.8 Å². The lowest BCUT2D eigenvalue weighted by atomic mass is 9.93. The average molecular weight is 400 g/mol. The molecule has 0 aliphatic carbocycles. The van der Waals surface area contributed by atoms with E-state index in [2.05, 4.69) is 10.6 Å². The summed E-state index contributed by atoms with van der Waals surface area (Å²) in [6.45, 7) is -0.474. The molecule has 0 unspecified atom stereocenters. The van der Waals surface area contributed by atoms with Gasteiger partial charge in [-0.1, -0.05) is 36.4 Å². The summed E-state index contributed by atoms with van der Waals surface area (Å²) >= 11 is 0. The van der Waals surface area contributed by atoms with Crippen LogP contribution in [0.3, 0.4) is 0 Å². The number of methoxy groups -OCH3 is 1. The molecule has 0 radical (unpaired) electrons. The molecule has 1 aliphatic rings. The number of ether oxygens (including phenoxy) is 2. The van der Waals surface area contributed by atoms with Crippen molar-refractivity contribution in [1.29, 1.82) is 0 Å². The number of benzene rings is 2. The molecular weight excluding hydrogens is 376 g/mol. The molecule has 0 spiro atoms. The second kappa shape index (κ2) is 9.62. The largest absolute Gasteiger partial charge is 0.394 e.